The van der Waals surface area contributed by atoms with Crippen LogP contribution in [-0.2, 0) is 25.8 Å². The van der Waals surface area contributed by atoms with E-state index in [1.54, 1.807) is 5.56 Å². The molecule has 2 aromatic rings. The molecule has 1 aliphatic rings. The average molecular weight is 291 g/mol. The minimum atomic E-state index is 0.967. The second-order valence-electron chi connectivity index (χ2n) is 5.90. The van der Waals surface area contributed by atoms with Crippen LogP contribution in [0.25, 0.3) is 6.08 Å². The molecule has 3 rings (SSSR count). The summed E-state index contributed by atoms with van der Waals surface area (Å²) < 4.78 is 0. The van der Waals surface area contributed by atoms with E-state index in [-0.39, 0.29) is 0 Å². The molecule has 0 atom stereocenters. The van der Waals surface area contributed by atoms with Crippen molar-refractivity contribution < 1.29 is 0 Å². The largest absolute Gasteiger partial charge is 0.343 e. The van der Waals surface area contributed by atoms with Gasteiger partial charge in [0.2, 0.25) is 0 Å². The molecule has 0 aromatic heterocycles. The number of hydrogen-bond donors (Lipinski definition) is 0. The Kier molecular flexibility index (Phi) is 4.33. The van der Waals surface area contributed by atoms with Gasteiger partial charge in [0.25, 0.3) is 0 Å². The van der Waals surface area contributed by atoms with E-state index in [2.05, 4.69) is 74.3 Å². The molecule has 1 heteroatoms. The highest BCUT2D eigenvalue weighted by atomic mass is 15.1. The van der Waals surface area contributed by atoms with Gasteiger partial charge in [-0.3, -0.25) is 0 Å². The van der Waals surface area contributed by atoms with Crippen molar-refractivity contribution in [1.82, 2.24) is 0 Å². The standard InChI is InChI=1S/C21H25N/c1-4-16-11-12-21(20(6-3)19(16)5-2)22-14-13-17-9-7-8-10-18(17)15-22/h7-14H,4-6,15H2,1-3H3. The summed E-state index contributed by atoms with van der Waals surface area (Å²) in [7, 11) is 0. The van der Waals surface area contributed by atoms with Crippen molar-refractivity contribution in [2.75, 3.05) is 4.90 Å². The molecular weight excluding hydrogens is 266 g/mol. The number of nitrogens with zero attached hydrogens (tertiary/aromatic N) is 1. The Labute approximate surface area is 134 Å². The lowest BCUT2D eigenvalue weighted by Gasteiger charge is -2.29. The maximum absolute atomic E-state index is 2.40. The zero-order valence-electron chi connectivity index (χ0n) is 13.9. The summed E-state index contributed by atoms with van der Waals surface area (Å²) in [5.74, 6) is 0. The zero-order chi connectivity index (χ0) is 15.5. The third-order valence-corrected chi connectivity index (χ3v) is 4.73. The molecule has 0 spiro atoms. The van der Waals surface area contributed by atoms with E-state index in [1.807, 2.05) is 0 Å². The lowest BCUT2D eigenvalue weighted by molar-refractivity contribution is 0.915. The van der Waals surface area contributed by atoms with Gasteiger partial charge in [-0.25, -0.2) is 0 Å². The topological polar surface area (TPSA) is 3.24 Å². The zero-order valence-corrected chi connectivity index (χ0v) is 13.9. The predicted molar refractivity (Wildman–Crippen MR) is 96.2 cm³/mol. The Balaban J connectivity index is 2.03. The number of aryl methyl sites for hydroxylation is 1. The van der Waals surface area contributed by atoms with Crippen molar-refractivity contribution in [2.45, 2.75) is 46.6 Å². The van der Waals surface area contributed by atoms with Gasteiger partial charge in [-0.15, -0.1) is 0 Å². The van der Waals surface area contributed by atoms with Crippen molar-refractivity contribution in [2.24, 2.45) is 0 Å². The predicted octanol–water partition coefficient (Wildman–Crippen LogP) is 5.36. The van der Waals surface area contributed by atoms with E-state index >= 15 is 0 Å². The SMILES string of the molecule is CCc1ccc(N2C=Cc3ccccc3C2)c(CC)c1CC. The number of benzene rings is 2. The Bertz CT molecular complexity index is 697. The lowest BCUT2D eigenvalue weighted by Crippen LogP contribution is -2.21. The highest BCUT2D eigenvalue weighted by Crippen LogP contribution is 2.32. The van der Waals surface area contributed by atoms with E-state index in [1.165, 1.54) is 27.9 Å². The van der Waals surface area contributed by atoms with E-state index in [0.717, 1.165) is 25.8 Å². The molecular formula is C21H25N. The van der Waals surface area contributed by atoms with Crippen LogP contribution in [0.4, 0.5) is 5.69 Å². The molecule has 1 nitrogen and oxygen atoms in total. The Morgan fingerprint density at radius 3 is 2.36 bits per heavy atom. The van der Waals surface area contributed by atoms with Crippen molar-refractivity contribution >= 4 is 11.8 Å². The molecule has 0 aliphatic carbocycles. The van der Waals surface area contributed by atoms with Crippen LogP contribution in [0.15, 0.2) is 42.6 Å². The van der Waals surface area contributed by atoms with Crippen LogP contribution in [0.3, 0.4) is 0 Å². The molecule has 22 heavy (non-hydrogen) atoms. The van der Waals surface area contributed by atoms with Crippen LogP contribution < -0.4 is 4.90 Å². The fourth-order valence-electron chi connectivity index (χ4n) is 3.58. The Morgan fingerprint density at radius 2 is 1.64 bits per heavy atom. The quantitative estimate of drug-likeness (QED) is 0.732. The van der Waals surface area contributed by atoms with E-state index in [0.29, 0.717) is 0 Å². The molecule has 0 N–H and O–H groups in total. The number of anilines is 1. The molecule has 0 fully saturated rings. The minimum Gasteiger partial charge on any atom is -0.343 e. The van der Waals surface area contributed by atoms with Gasteiger partial charge in [-0.1, -0.05) is 51.1 Å². The Morgan fingerprint density at radius 1 is 0.864 bits per heavy atom. The van der Waals surface area contributed by atoms with Crippen molar-refractivity contribution in [3.63, 3.8) is 0 Å². The minimum absolute atomic E-state index is 0.967. The molecule has 0 saturated carbocycles. The summed E-state index contributed by atoms with van der Waals surface area (Å²) in [6.07, 6.45) is 7.81. The molecule has 1 aliphatic heterocycles. The van der Waals surface area contributed by atoms with Gasteiger partial charge >= 0.3 is 0 Å². The first-order chi connectivity index (χ1) is 10.8. The highest BCUT2D eigenvalue weighted by Gasteiger charge is 2.17. The molecule has 1 heterocycles. The lowest BCUT2D eigenvalue weighted by atomic mass is 9.93. The number of rotatable bonds is 4. The van der Waals surface area contributed by atoms with E-state index in [9.17, 15) is 0 Å². The first kappa shape index (κ1) is 14.9. The fourth-order valence-corrected chi connectivity index (χ4v) is 3.58. The first-order valence-corrected chi connectivity index (χ1v) is 8.44. The van der Waals surface area contributed by atoms with Crippen LogP contribution in [-0.4, -0.2) is 0 Å². The van der Waals surface area contributed by atoms with Crippen LogP contribution in [0, 0.1) is 0 Å². The smallest absolute Gasteiger partial charge is 0.0481 e. The monoisotopic (exact) mass is 291 g/mol. The number of fused-ring (bicyclic) bond motifs is 1. The molecule has 0 bridgehead atoms. The third-order valence-electron chi connectivity index (χ3n) is 4.73. The number of hydrogen-bond acceptors (Lipinski definition) is 1. The first-order valence-electron chi connectivity index (χ1n) is 8.44. The molecule has 0 radical (unpaired) electrons. The van der Waals surface area contributed by atoms with Crippen molar-refractivity contribution in [3.05, 3.63) is 70.4 Å². The average Bonchev–Trinajstić information content (AvgIpc) is 2.59. The Hall–Kier alpha value is -2.02. The van der Waals surface area contributed by atoms with Crippen LogP contribution >= 0.6 is 0 Å². The van der Waals surface area contributed by atoms with Gasteiger partial charge in [0, 0.05) is 18.4 Å². The van der Waals surface area contributed by atoms with Crippen LogP contribution in [0.1, 0.15) is 48.6 Å². The molecule has 0 saturated heterocycles. The second kappa shape index (κ2) is 6.39. The summed E-state index contributed by atoms with van der Waals surface area (Å²) >= 11 is 0. The van der Waals surface area contributed by atoms with Crippen molar-refractivity contribution in [1.29, 1.82) is 0 Å². The van der Waals surface area contributed by atoms with Gasteiger partial charge < -0.3 is 4.90 Å². The van der Waals surface area contributed by atoms with E-state index in [4.69, 9.17) is 0 Å². The maximum Gasteiger partial charge on any atom is 0.0481 e. The summed E-state index contributed by atoms with van der Waals surface area (Å²) in [6, 6.07) is 13.3. The third kappa shape index (κ3) is 2.56. The van der Waals surface area contributed by atoms with Gasteiger partial charge in [0.15, 0.2) is 0 Å². The summed E-state index contributed by atoms with van der Waals surface area (Å²) in [5.41, 5.74) is 8.70. The van der Waals surface area contributed by atoms with Crippen LogP contribution in [0.5, 0.6) is 0 Å². The normalized spacial score (nSPS) is 13.3. The van der Waals surface area contributed by atoms with Gasteiger partial charge in [0.1, 0.15) is 0 Å². The van der Waals surface area contributed by atoms with E-state index < -0.39 is 0 Å². The summed E-state index contributed by atoms with van der Waals surface area (Å²) in [6.45, 7) is 7.77. The van der Waals surface area contributed by atoms with Crippen molar-refractivity contribution in [3.8, 4) is 0 Å². The summed E-state index contributed by atoms with van der Waals surface area (Å²) in [4.78, 5) is 2.40. The van der Waals surface area contributed by atoms with Gasteiger partial charge in [-0.05, 0) is 59.2 Å². The van der Waals surface area contributed by atoms with Gasteiger partial charge in [0.05, 0.1) is 0 Å². The summed E-state index contributed by atoms with van der Waals surface area (Å²) in [5, 5.41) is 0. The maximum atomic E-state index is 2.40. The molecule has 0 amide bonds. The highest BCUT2D eigenvalue weighted by molar-refractivity contribution is 5.68. The fraction of sp³-hybridized carbons (Fsp3) is 0.333. The van der Waals surface area contributed by atoms with Gasteiger partial charge in [-0.2, -0.15) is 0 Å². The molecule has 114 valence electrons. The molecule has 0 unspecified atom stereocenters. The molecule has 2 aromatic carbocycles. The van der Waals surface area contributed by atoms with Crippen LogP contribution in [0.2, 0.25) is 0 Å². The second-order valence-corrected chi connectivity index (χ2v) is 5.90.